The Balaban J connectivity index is 2.15. The number of pyridine rings is 1. The van der Waals surface area contributed by atoms with Gasteiger partial charge in [-0.1, -0.05) is 28.1 Å². The molecule has 0 N–H and O–H groups in total. The molecule has 0 atom stereocenters. The number of hydrogen-bond donors (Lipinski definition) is 0. The highest BCUT2D eigenvalue weighted by Crippen LogP contribution is 2.25. The van der Waals surface area contributed by atoms with Gasteiger partial charge in [0, 0.05) is 21.9 Å². The van der Waals surface area contributed by atoms with Crippen molar-refractivity contribution < 1.29 is 9.53 Å². The Morgan fingerprint density at radius 3 is 2.57 bits per heavy atom. The van der Waals surface area contributed by atoms with Gasteiger partial charge >= 0.3 is 5.97 Å². The highest BCUT2D eigenvalue weighted by atomic mass is 79.9. The molecule has 1 aromatic carbocycles. The van der Waals surface area contributed by atoms with E-state index in [1.165, 1.54) is 7.11 Å². The largest absolute Gasteiger partial charge is 0.465 e. The minimum atomic E-state index is -0.352. The van der Waals surface area contributed by atoms with Crippen molar-refractivity contribution in [3.8, 4) is 11.3 Å². The van der Waals surface area contributed by atoms with Gasteiger partial charge in [-0.15, -0.1) is 0 Å². The molecule has 0 saturated carbocycles. The van der Waals surface area contributed by atoms with E-state index in [4.69, 9.17) is 4.74 Å². The zero-order chi connectivity index (χ0) is 15.0. The summed E-state index contributed by atoms with van der Waals surface area (Å²) < 4.78 is 7.69. The van der Waals surface area contributed by atoms with E-state index in [0.717, 1.165) is 27.1 Å². The van der Waals surface area contributed by atoms with E-state index in [9.17, 15) is 4.79 Å². The van der Waals surface area contributed by atoms with Crippen molar-refractivity contribution >= 4 is 27.5 Å². The zero-order valence-electron chi connectivity index (χ0n) is 11.6. The summed E-state index contributed by atoms with van der Waals surface area (Å²) in [7, 11) is 1.38. The first-order valence-corrected chi connectivity index (χ1v) is 7.22. The van der Waals surface area contributed by atoms with E-state index < -0.39 is 0 Å². The van der Waals surface area contributed by atoms with E-state index in [1.807, 2.05) is 41.7 Å². The summed E-state index contributed by atoms with van der Waals surface area (Å²) in [6.45, 7) is 1.98. The first-order chi connectivity index (χ1) is 10.1. The number of aryl methyl sites for hydroxylation is 1. The molecule has 21 heavy (non-hydrogen) atoms. The predicted molar refractivity (Wildman–Crippen MR) is 84.4 cm³/mol. The standard InChI is InChI=1S/C16H13BrN2O2/c1-10-15(11-3-6-13(17)7-4-11)18-14-8-5-12(9-19(10)14)16(20)21-2/h3-9H,1-2H3. The fraction of sp³-hybridized carbons (Fsp3) is 0.125. The van der Waals surface area contributed by atoms with Crippen molar-refractivity contribution in [2.24, 2.45) is 0 Å². The summed E-state index contributed by atoms with van der Waals surface area (Å²) >= 11 is 3.43. The molecule has 0 aliphatic carbocycles. The van der Waals surface area contributed by atoms with E-state index >= 15 is 0 Å². The van der Waals surface area contributed by atoms with Gasteiger partial charge in [0.05, 0.1) is 18.4 Å². The molecule has 5 heteroatoms. The van der Waals surface area contributed by atoms with Crippen LogP contribution in [0.3, 0.4) is 0 Å². The molecule has 0 saturated heterocycles. The second-order valence-corrected chi connectivity index (χ2v) is 5.61. The van der Waals surface area contributed by atoms with Crippen LogP contribution in [-0.4, -0.2) is 22.5 Å². The van der Waals surface area contributed by atoms with Crippen LogP contribution in [0.15, 0.2) is 47.1 Å². The Morgan fingerprint density at radius 2 is 1.90 bits per heavy atom. The van der Waals surface area contributed by atoms with Crippen molar-refractivity contribution in [2.75, 3.05) is 7.11 Å². The van der Waals surface area contributed by atoms with Crippen molar-refractivity contribution in [1.29, 1.82) is 0 Å². The van der Waals surface area contributed by atoms with E-state index in [2.05, 4.69) is 20.9 Å². The number of carbonyl (C=O) groups excluding carboxylic acids is 1. The number of carbonyl (C=O) groups is 1. The molecule has 3 aromatic rings. The second-order valence-electron chi connectivity index (χ2n) is 4.69. The average Bonchev–Trinajstić information content (AvgIpc) is 2.84. The number of esters is 1. The maximum absolute atomic E-state index is 11.6. The second kappa shape index (κ2) is 5.33. The van der Waals surface area contributed by atoms with Crippen LogP contribution in [-0.2, 0) is 4.74 Å². The number of hydrogen-bond acceptors (Lipinski definition) is 3. The normalized spacial score (nSPS) is 10.8. The average molecular weight is 345 g/mol. The fourth-order valence-electron chi connectivity index (χ4n) is 2.28. The summed E-state index contributed by atoms with van der Waals surface area (Å²) in [6, 6.07) is 11.5. The third kappa shape index (κ3) is 2.45. The van der Waals surface area contributed by atoms with E-state index in [-0.39, 0.29) is 5.97 Å². The molecule has 0 radical (unpaired) electrons. The highest BCUT2D eigenvalue weighted by molar-refractivity contribution is 9.10. The van der Waals surface area contributed by atoms with Crippen LogP contribution in [0, 0.1) is 6.92 Å². The van der Waals surface area contributed by atoms with Gasteiger partial charge in [0.1, 0.15) is 5.65 Å². The van der Waals surface area contributed by atoms with Crippen LogP contribution in [0.25, 0.3) is 16.9 Å². The van der Waals surface area contributed by atoms with Gasteiger partial charge in [0.15, 0.2) is 0 Å². The first-order valence-electron chi connectivity index (χ1n) is 6.43. The molecule has 0 fully saturated rings. The Bertz CT molecular complexity index is 822. The van der Waals surface area contributed by atoms with Crippen LogP contribution < -0.4 is 0 Å². The number of rotatable bonds is 2. The molecule has 4 nitrogen and oxygen atoms in total. The molecule has 0 unspecified atom stereocenters. The molecule has 0 bridgehead atoms. The summed E-state index contributed by atoms with van der Waals surface area (Å²) in [4.78, 5) is 16.3. The quantitative estimate of drug-likeness (QED) is 0.663. The molecule has 0 amide bonds. The van der Waals surface area contributed by atoms with Gasteiger partial charge in [-0.25, -0.2) is 9.78 Å². The lowest BCUT2D eigenvalue weighted by Crippen LogP contribution is -2.03. The number of nitrogens with zero attached hydrogens (tertiary/aromatic N) is 2. The maximum Gasteiger partial charge on any atom is 0.339 e. The van der Waals surface area contributed by atoms with Crippen LogP contribution in [0.4, 0.5) is 0 Å². The minimum absolute atomic E-state index is 0.352. The topological polar surface area (TPSA) is 43.6 Å². The van der Waals surface area contributed by atoms with Crippen LogP contribution in [0.5, 0.6) is 0 Å². The molecule has 0 spiro atoms. The molecule has 0 aliphatic rings. The molecule has 2 heterocycles. The number of methoxy groups -OCH3 is 1. The van der Waals surface area contributed by atoms with Gasteiger partial charge < -0.3 is 9.14 Å². The van der Waals surface area contributed by atoms with Gasteiger partial charge in [0.2, 0.25) is 0 Å². The summed E-state index contributed by atoms with van der Waals surface area (Å²) in [5.41, 5.74) is 4.24. The lowest BCUT2D eigenvalue weighted by molar-refractivity contribution is 0.0600. The minimum Gasteiger partial charge on any atom is -0.465 e. The Morgan fingerprint density at radius 1 is 1.19 bits per heavy atom. The van der Waals surface area contributed by atoms with Crippen molar-refractivity contribution in [1.82, 2.24) is 9.38 Å². The molecule has 0 aliphatic heterocycles. The fourth-order valence-corrected chi connectivity index (χ4v) is 2.55. The third-order valence-electron chi connectivity index (χ3n) is 3.40. The van der Waals surface area contributed by atoms with Gasteiger partial charge in [-0.2, -0.15) is 0 Å². The number of halogens is 1. The smallest absolute Gasteiger partial charge is 0.339 e. The lowest BCUT2D eigenvalue weighted by Gasteiger charge is -2.02. The number of imidazole rings is 1. The molecular weight excluding hydrogens is 332 g/mol. The monoisotopic (exact) mass is 344 g/mol. The zero-order valence-corrected chi connectivity index (χ0v) is 13.2. The number of fused-ring (bicyclic) bond motifs is 1. The maximum atomic E-state index is 11.6. The first kappa shape index (κ1) is 13.8. The lowest BCUT2D eigenvalue weighted by atomic mass is 10.1. The van der Waals surface area contributed by atoms with Crippen molar-refractivity contribution in [2.45, 2.75) is 6.92 Å². The van der Waals surface area contributed by atoms with Crippen LogP contribution in [0.2, 0.25) is 0 Å². The summed E-state index contributed by atoms with van der Waals surface area (Å²) in [5.74, 6) is -0.352. The Kier molecular flexibility index (Phi) is 3.51. The van der Waals surface area contributed by atoms with Gasteiger partial charge in [-0.3, -0.25) is 0 Å². The Labute approximate surface area is 130 Å². The number of ether oxygens (including phenoxy) is 1. The molecule has 106 valence electrons. The van der Waals surface area contributed by atoms with Crippen molar-refractivity contribution in [3.05, 3.63) is 58.3 Å². The molecule has 2 aromatic heterocycles. The van der Waals surface area contributed by atoms with Crippen LogP contribution in [0.1, 0.15) is 16.1 Å². The highest BCUT2D eigenvalue weighted by Gasteiger charge is 2.13. The van der Waals surface area contributed by atoms with Gasteiger partial charge in [-0.05, 0) is 31.2 Å². The SMILES string of the molecule is COC(=O)c1ccc2nc(-c3ccc(Br)cc3)c(C)n2c1. The Hall–Kier alpha value is -2.14. The molecular formula is C16H13BrN2O2. The van der Waals surface area contributed by atoms with Gasteiger partial charge in [0.25, 0.3) is 0 Å². The van der Waals surface area contributed by atoms with E-state index in [0.29, 0.717) is 5.56 Å². The van der Waals surface area contributed by atoms with Crippen LogP contribution >= 0.6 is 15.9 Å². The predicted octanol–water partition coefficient (Wildman–Crippen LogP) is 3.86. The van der Waals surface area contributed by atoms with E-state index in [1.54, 1.807) is 12.3 Å². The number of benzene rings is 1. The molecule has 3 rings (SSSR count). The van der Waals surface area contributed by atoms with Crippen molar-refractivity contribution in [3.63, 3.8) is 0 Å². The summed E-state index contributed by atoms with van der Waals surface area (Å²) in [6.07, 6.45) is 1.76. The summed E-state index contributed by atoms with van der Waals surface area (Å²) in [5, 5.41) is 0. The third-order valence-corrected chi connectivity index (χ3v) is 3.92. The number of aromatic nitrogens is 2.